The largest absolute Gasteiger partial charge is 0.293 e. The average Bonchev–Trinajstić information content (AvgIpc) is 2.35. The molecule has 0 unspecified atom stereocenters. The van der Waals surface area contributed by atoms with Crippen LogP contribution in [-0.4, -0.2) is 16.5 Å². The molecule has 2 rings (SSSR count). The van der Waals surface area contributed by atoms with Crippen LogP contribution in [-0.2, 0) is 0 Å². The Morgan fingerprint density at radius 1 is 1.26 bits per heavy atom. The summed E-state index contributed by atoms with van der Waals surface area (Å²) in [6.07, 6.45) is 0. The van der Waals surface area contributed by atoms with Crippen molar-refractivity contribution in [2.24, 2.45) is 0 Å². The topological polar surface area (TPSA) is 30.0 Å². The number of carbonyl (C=O) groups is 1. The zero-order valence-electron chi connectivity index (χ0n) is 10.8. The highest BCUT2D eigenvalue weighted by Crippen LogP contribution is 2.20. The van der Waals surface area contributed by atoms with Gasteiger partial charge in [-0.1, -0.05) is 39.8 Å². The Labute approximate surface area is 125 Å². The first-order valence-electron chi connectivity index (χ1n) is 5.91. The van der Waals surface area contributed by atoms with Gasteiger partial charge in [-0.05, 0) is 43.7 Å². The molecular formula is C15H14BrNOS. The van der Waals surface area contributed by atoms with Gasteiger partial charge in [-0.15, -0.1) is 0 Å². The number of hydrogen-bond donors (Lipinski definition) is 0. The minimum Gasteiger partial charge on any atom is -0.293 e. The highest BCUT2D eigenvalue weighted by Gasteiger charge is 2.08. The van der Waals surface area contributed by atoms with Crippen molar-refractivity contribution in [2.45, 2.75) is 18.9 Å². The summed E-state index contributed by atoms with van der Waals surface area (Å²) in [5, 5.41) is 0.904. The maximum atomic E-state index is 12.1. The first kappa shape index (κ1) is 14.3. The van der Waals surface area contributed by atoms with E-state index in [1.807, 2.05) is 50.2 Å². The Morgan fingerprint density at radius 3 is 2.74 bits per heavy atom. The predicted molar refractivity (Wildman–Crippen MR) is 82.9 cm³/mol. The lowest BCUT2D eigenvalue weighted by molar-refractivity contribution is 0.102. The van der Waals surface area contributed by atoms with Crippen molar-refractivity contribution < 1.29 is 4.79 Å². The molecule has 2 nitrogen and oxygen atoms in total. The van der Waals surface area contributed by atoms with Gasteiger partial charge < -0.3 is 0 Å². The molecule has 0 aliphatic carbocycles. The lowest BCUT2D eigenvalue weighted by Crippen LogP contribution is -2.02. The Hall–Kier alpha value is -1.13. The molecule has 0 fully saturated rings. The van der Waals surface area contributed by atoms with Crippen LogP contribution in [0.3, 0.4) is 0 Å². The highest BCUT2D eigenvalue weighted by molar-refractivity contribution is 9.10. The number of thioether (sulfide) groups is 1. The molecule has 0 spiro atoms. The molecule has 0 atom stereocenters. The molecule has 0 saturated heterocycles. The van der Waals surface area contributed by atoms with E-state index >= 15 is 0 Å². The Kier molecular flexibility index (Phi) is 4.77. The van der Waals surface area contributed by atoms with Crippen molar-refractivity contribution in [3.8, 4) is 0 Å². The molecule has 0 saturated carbocycles. The number of halogens is 1. The van der Waals surface area contributed by atoms with Crippen molar-refractivity contribution in [1.29, 1.82) is 0 Å². The number of aromatic nitrogens is 1. The minimum absolute atomic E-state index is 0.118. The molecule has 0 bridgehead atoms. The molecule has 0 aliphatic rings. The number of benzene rings is 1. The normalized spacial score (nSPS) is 10.5. The van der Waals surface area contributed by atoms with E-state index in [4.69, 9.17) is 0 Å². The summed E-state index contributed by atoms with van der Waals surface area (Å²) in [5.74, 6) is 0.527. The zero-order chi connectivity index (χ0) is 13.8. The maximum Gasteiger partial charge on any atom is 0.173 e. The Morgan fingerprint density at radius 2 is 2.05 bits per heavy atom. The standard InChI is InChI=1S/C15H14BrNOS/c1-10-6-11(2)17-15(7-10)19-9-14(18)12-4-3-5-13(16)8-12/h3-8H,9H2,1-2H3. The van der Waals surface area contributed by atoms with Gasteiger partial charge in [0.2, 0.25) is 0 Å². The maximum absolute atomic E-state index is 12.1. The second kappa shape index (κ2) is 6.35. The molecule has 98 valence electrons. The van der Waals surface area contributed by atoms with Gasteiger partial charge in [0.05, 0.1) is 10.8 Å². The number of ketones is 1. The van der Waals surface area contributed by atoms with Crippen LogP contribution in [0.25, 0.3) is 0 Å². The van der Waals surface area contributed by atoms with Crippen molar-refractivity contribution in [1.82, 2.24) is 4.98 Å². The van der Waals surface area contributed by atoms with E-state index in [2.05, 4.69) is 20.9 Å². The van der Waals surface area contributed by atoms with Gasteiger partial charge >= 0.3 is 0 Å². The third kappa shape index (κ3) is 4.18. The Balaban J connectivity index is 2.04. The molecule has 4 heteroatoms. The number of nitrogens with zero attached hydrogens (tertiary/aromatic N) is 1. The van der Waals surface area contributed by atoms with Gasteiger partial charge in [0.25, 0.3) is 0 Å². The van der Waals surface area contributed by atoms with Gasteiger partial charge in [0.1, 0.15) is 0 Å². The van der Waals surface area contributed by atoms with Crippen LogP contribution in [0.1, 0.15) is 21.6 Å². The Bertz CT molecular complexity index is 593. The number of hydrogen-bond acceptors (Lipinski definition) is 3. The first-order chi connectivity index (χ1) is 9.04. The lowest BCUT2D eigenvalue weighted by atomic mass is 10.2. The first-order valence-corrected chi connectivity index (χ1v) is 7.69. The molecule has 1 heterocycles. The van der Waals surface area contributed by atoms with Crippen molar-refractivity contribution in [2.75, 3.05) is 5.75 Å². The van der Waals surface area contributed by atoms with E-state index in [0.29, 0.717) is 5.75 Å². The van der Waals surface area contributed by atoms with Crippen molar-refractivity contribution in [3.05, 3.63) is 57.7 Å². The van der Waals surface area contributed by atoms with Crippen molar-refractivity contribution in [3.63, 3.8) is 0 Å². The minimum atomic E-state index is 0.118. The van der Waals surface area contributed by atoms with E-state index in [-0.39, 0.29) is 5.78 Å². The van der Waals surface area contributed by atoms with Gasteiger partial charge in [-0.3, -0.25) is 4.79 Å². The number of carbonyl (C=O) groups excluding carboxylic acids is 1. The van der Waals surface area contributed by atoms with Crippen LogP contribution < -0.4 is 0 Å². The third-order valence-electron chi connectivity index (χ3n) is 2.57. The molecule has 0 aliphatic heterocycles. The molecule has 1 aromatic heterocycles. The second-order valence-electron chi connectivity index (χ2n) is 4.35. The summed E-state index contributed by atoms with van der Waals surface area (Å²) in [4.78, 5) is 16.5. The molecule has 19 heavy (non-hydrogen) atoms. The predicted octanol–water partition coefficient (Wildman–Crippen LogP) is 4.44. The molecule has 0 N–H and O–H groups in total. The number of Topliss-reactive ketones (excluding diaryl/α,β-unsaturated/α-hetero) is 1. The molecule has 0 radical (unpaired) electrons. The van der Waals surface area contributed by atoms with Crippen LogP contribution in [0.5, 0.6) is 0 Å². The van der Waals surface area contributed by atoms with Gasteiger partial charge in [0.15, 0.2) is 5.78 Å². The average molecular weight is 336 g/mol. The van der Waals surface area contributed by atoms with Crippen LogP contribution >= 0.6 is 27.7 Å². The van der Waals surface area contributed by atoms with Gasteiger partial charge in [0, 0.05) is 15.7 Å². The highest BCUT2D eigenvalue weighted by atomic mass is 79.9. The summed E-state index contributed by atoms with van der Waals surface area (Å²) in [6.45, 7) is 4.00. The smallest absolute Gasteiger partial charge is 0.173 e. The van der Waals surface area contributed by atoms with E-state index in [1.54, 1.807) is 0 Å². The summed E-state index contributed by atoms with van der Waals surface area (Å²) in [6, 6.07) is 11.5. The van der Waals surface area contributed by atoms with Crippen molar-refractivity contribution >= 4 is 33.5 Å². The third-order valence-corrected chi connectivity index (χ3v) is 3.98. The summed E-state index contributed by atoms with van der Waals surface area (Å²) in [7, 11) is 0. The van der Waals surface area contributed by atoms with E-state index in [9.17, 15) is 4.79 Å². The lowest BCUT2D eigenvalue weighted by Gasteiger charge is -2.04. The SMILES string of the molecule is Cc1cc(C)nc(SCC(=O)c2cccc(Br)c2)c1. The number of rotatable bonds is 4. The summed E-state index contributed by atoms with van der Waals surface area (Å²) >= 11 is 4.86. The molecule has 0 amide bonds. The van der Waals surface area contributed by atoms with E-state index < -0.39 is 0 Å². The van der Waals surface area contributed by atoms with Gasteiger partial charge in [-0.25, -0.2) is 4.98 Å². The van der Waals surface area contributed by atoms with E-state index in [1.165, 1.54) is 17.3 Å². The van der Waals surface area contributed by atoms with Crippen LogP contribution in [0.15, 0.2) is 45.9 Å². The summed E-state index contributed by atoms with van der Waals surface area (Å²) in [5.41, 5.74) is 2.88. The summed E-state index contributed by atoms with van der Waals surface area (Å²) < 4.78 is 0.924. The zero-order valence-corrected chi connectivity index (χ0v) is 13.2. The second-order valence-corrected chi connectivity index (χ2v) is 6.26. The van der Waals surface area contributed by atoms with E-state index in [0.717, 1.165) is 20.8 Å². The fourth-order valence-electron chi connectivity index (χ4n) is 1.76. The monoisotopic (exact) mass is 335 g/mol. The molecular weight excluding hydrogens is 322 g/mol. The fourth-order valence-corrected chi connectivity index (χ4v) is 3.09. The number of pyridine rings is 1. The fraction of sp³-hybridized carbons (Fsp3) is 0.200. The van der Waals surface area contributed by atoms with Gasteiger partial charge in [-0.2, -0.15) is 0 Å². The van der Waals surface area contributed by atoms with Crippen LogP contribution in [0, 0.1) is 13.8 Å². The van der Waals surface area contributed by atoms with Crippen LogP contribution in [0.4, 0.5) is 0 Å². The number of aryl methyl sites for hydroxylation is 2. The molecule has 2 aromatic rings. The molecule has 1 aromatic carbocycles. The quantitative estimate of drug-likeness (QED) is 0.611. The van der Waals surface area contributed by atoms with Crippen LogP contribution in [0.2, 0.25) is 0 Å².